The van der Waals surface area contributed by atoms with Crippen LogP contribution in [0.2, 0.25) is 5.02 Å². The summed E-state index contributed by atoms with van der Waals surface area (Å²) in [4.78, 5) is 12.8. The van der Waals surface area contributed by atoms with E-state index >= 15 is 0 Å². The van der Waals surface area contributed by atoms with Gasteiger partial charge in [0.2, 0.25) is 15.9 Å². The van der Waals surface area contributed by atoms with E-state index in [1.54, 1.807) is 49.4 Å². The van der Waals surface area contributed by atoms with Crippen molar-refractivity contribution in [2.75, 3.05) is 15.9 Å². The standard InChI is InChI=1S/C20H25ClN2O4S/c1-13(2)27-18-10-8-17(9-11-18)22-20(24)15(4)23(28(5,25)26)19-12-16(21)7-6-14(19)3/h6-13,15H,1-5H3,(H,22,24)/t15-/m0/s1. The number of halogens is 1. The highest BCUT2D eigenvalue weighted by Crippen LogP contribution is 2.28. The fourth-order valence-electron chi connectivity index (χ4n) is 2.74. The van der Waals surface area contributed by atoms with Gasteiger partial charge in [0.1, 0.15) is 11.8 Å². The average molecular weight is 425 g/mol. The minimum atomic E-state index is -3.72. The van der Waals surface area contributed by atoms with Crippen LogP contribution < -0.4 is 14.4 Å². The van der Waals surface area contributed by atoms with Gasteiger partial charge in [-0.15, -0.1) is 0 Å². The van der Waals surface area contributed by atoms with Crippen molar-refractivity contribution < 1.29 is 17.9 Å². The third-order valence-corrected chi connectivity index (χ3v) is 5.45. The number of nitrogens with zero attached hydrogens (tertiary/aromatic N) is 1. The topological polar surface area (TPSA) is 75.7 Å². The minimum Gasteiger partial charge on any atom is -0.491 e. The van der Waals surface area contributed by atoms with Crippen LogP contribution in [-0.4, -0.2) is 32.7 Å². The van der Waals surface area contributed by atoms with E-state index in [1.807, 2.05) is 13.8 Å². The Morgan fingerprint density at radius 2 is 1.71 bits per heavy atom. The monoisotopic (exact) mass is 424 g/mol. The number of carbonyl (C=O) groups is 1. The number of benzene rings is 2. The van der Waals surface area contributed by atoms with Gasteiger partial charge in [0, 0.05) is 10.7 Å². The van der Waals surface area contributed by atoms with Crippen LogP contribution in [0.5, 0.6) is 5.75 Å². The SMILES string of the molecule is Cc1ccc(Cl)cc1N([C@@H](C)C(=O)Nc1ccc(OC(C)C)cc1)S(C)(=O)=O. The van der Waals surface area contributed by atoms with E-state index in [2.05, 4.69) is 5.32 Å². The number of ether oxygens (including phenoxy) is 1. The van der Waals surface area contributed by atoms with Crippen LogP contribution in [-0.2, 0) is 14.8 Å². The zero-order valence-electron chi connectivity index (χ0n) is 16.6. The maximum atomic E-state index is 12.8. The molecule has 0 aromatic heterocycles. The van der Waals surface area contributed by atoms with Crippen molar-refractivity contribution in [1.29, 1.82) is 0 Å². The molecule has 0 aliphatic carbocycles. The van der Waals surface area contributed by atoms with Gasteiger partial charge in [0.05, 0.1) is 18.0 Å². The molecule has 0 spiro atoms. The molecule has 1 amide bonds. The number of amides is 1. The molecule has 0 saturated heterocycles. The number of aryl methyl sites for hydroxylation is 1. The molecule has 28 heavy (non-hydrogen) atoms. The summed E-state index contributed by atoms with van der Waals surface area (Å²) in [5.74, 6) is 0.232. The second-order valence-corrected chi connectivity index (χ2v) is 9.14. The van der Waals surface area contributed by atoms with Gasteiger partial charge < -0.3 is 10.1 Å². The van der Waals surface area contributed by atoms with E-state index < -0.39 is 22.0 Å². The molecule has 6 nitrogen and oxygen atoms in total. The van der Waals surface area contributed by atoms with Gasteiger partial charge in [0.25, 0.3) is 0 Å². The molecule has 0 heterocycles. The van der Waals surface area contributed by atoms with Crippen molar-refractivity contribution in [3.63, 3.8) is 0 Å². The molecule has 8 heteroatoms. The zero-order chi connectivity index (χ0) is 21.1. The minimum absolute atomic E-state index is 0.0460. The normalized spacial score (nSPS) is 12.5. The lowest BCUT2D eigenvalue weighted by atomic mass is 10.1. The molecule has 0 aliphatic heterocycles. The third kappa shape index (κ3) is 5.62. The Kier molecular flexibility index (Phi) is 6.96. The van der Waals surface area contributed by atoms with Crippen LogP contribution in [0.4, 0.5) is 11.4 Å². The first-order valence-corrected chi connectivity index (χ1v) is 11.0. The summed E-state index contributed by atoms with van der Waals surface area (Å²) in [5.41, 5.74) is 1.62. The van der Waals surface area contributed by atoms with Gasteiger partial charge >= 0.3 is 0 Å². The summed E-state index contributed by atoms with van der Waals surface area (Å²) in [6, 6.07) is 10.9. The largest absolute Gasteiger partial charge is 0.491 e. The summed E-state index contributed by atoms with van der Waals surface area (Å²) < 4.78 is 31.5. The summed E-state index contributed by atoms with van der Waals surface area (Å²) in [5, 5.41) is 3.14. The smallest absolute Gasteiger partial charge is 0.247 e. The van der Waals surface area contributed by atoms with E-state index in [0.717, 1.165) is 10.6 Å². The fraction of sp³-hybridized carbons (Fsp3) is 0.350. The molecule has 1 N–H and O–H groups in total. The Labute approximate surface area is 171 Å². The molecular formula is C20H25ClN2O4S. The van der Waals surface area contributed by atoms with Crippen molar-refractivity contribution in [2.45, 2.75) is 39.8 Å². The molecule has 152 valence electrons. The number of rotatable bonds is 7. The van der Waals surface area contributed by atoms with Crippen molar-refractivity contribution in [3.8, 4) is 5.75 Å². The number of carbonyl (C=O) groups excluding carboxylic acids is 1. The highest BCUT2D eigenvalue weighted by atomic mass is 35.5. The first-order valence-electron chi connectivity index (χ1n) is 8.82. The molecule has 0 radical (unpaired) electrons. The highest BCUT2D eigenvalue weighted by Gasteiger charge is 2.30. The fourth-order valence-corrected chi connectivity index (χ4v) is 4.13. The Bertz CT molecular complexity index is 943. The van der Waals surface area contributed by atoms with E-state index in [-0.39, 0.29) is 6.10 Å². The predicted molar refractivity (Wildman–Crippen MR) is 114 cm³/mol. The van der Waals surface area contributed by atoms with Crippen LogP contribution in [0.15, 0.2) is 42.5 Å². The molecule has 2 aromatic carbocycles. The van der Waals surface area contributed by atoms with E-state index in [9.17, 15) is 13.2 Å². The lowest BCUT2D eigenvalue weighted by molar-refractivity contribution is -0.116. The molecule has 0 bridgehead atoms. The molecule has 0 unspecified atom stereocenters. The zero-order valence-corrected chi connectivity index (χ0v) is 18.1. The van der Waals surface area contributed by atoms with Gasteiger partial charge in [0.15, 0.2) is 0 Å². The quantitative estimate of drug-likeness (QED) is 0.721. The summed E-state index contributed by atoms with van der Waals surface area (Å²) in [6.07, 6.45) is 1.11. The maximum absolute atomic E-state index is 12.8. The number of sulfonamides is 1. The molecule has 1 atom stereocenters. The molecule has 0 fully saturated rings. The Morgan fingerprint density at radius 3 is 2.25 bits per heavy atom. The summed E-state index contributed by atoms with van der Waals surface area (Å²) >= 11 is 6.04. The predicted octanol–water partition coefficient (Wildman–Crippen LogP) is 4.23. The number of anilines is 2. The van der Waals surface area contributed by atoms with Crippen molar-refractivity contribution in [3.05, 3.63) is 53.1 Å². The molecule has 2 aromatic rings. The van der Waals surface area contributed by atoms with Gasteiger partial charge in [-0.2, -0.15) is 0 Å². The lowest BCUT2D eigenvalue weighted by Gasteiger charge is -2.29. The number of hydrogen-bond acceptors (Lipinski definition) is 4. The third-order valence-electron chi connectivity index (χ3n) is 3.99. The molecule has 0 aliphatic rings. The van der Waals surface area contributed by atoms with Crippen LogP contribution in [0.25, 0.3) is 0 Å². The van der Waals surface area contributed by atoms with E-state index in [4.69, 9.17) is 16.3 Å². The van der Waals surface area contributed by atoms with Gasteiger partial charge in [-0.05, 0) is 69.7 Å². The van der Waals surface area contributed by atoms with Gasteiger partial charge in [-0.25, -0.2) is 8.42 Å². The Morgan fingerprint density at radius 1 is 1.11 bits per heavy atom. The first kappa shape index (κ1) is 22.0. The summed E-state index contributed by atoms with van der Waals surface area (Å²) in [6.45, 7) is 7.15. The van der Waals surface area contributed by atoms with Crippen molar-refractivity contribution >= 4 is 38.9 Å². The molecule has 2 rings (SSSR count). The molecule has 0 saturated carbocycles. The van der Waals surface area contributed by atoms with Crippen LogP contribution in [0.1, 0.15) is 26.3 Å². The van der Waals surface area contributed by atoms with Crippen LogP contribution in [0.3, 0.4) is 0 Å². The first-order chi connectivity index (χ1) is 13.0. The van der Waals surface area contributed by atoms with E-state index in [1.165, 1.54) is 6.92 Å². The number of hydrogen-bond donors (Lipinski definition) is 1. The van der Waals surface area contributed by atoms with Gasteiger partial charge in [-0.3, -0.25) is 9.10 Å². The Balaban J connectivity index is 2.26. The number of nitrogens with one attached hydrogen (secondary N) is 1. The Hall–Kier alpha value is -2.25. The highest BCUT2D eigenvalue weighted by molar-refractivity contribution is 7.92. The second kappa shape index (κ2) is 8.84. The van der Waals surface area contributed by atoms with Crippen molar-refractivity contribution in [2.24, 2.45) is 0 Å². The lowest BCUT2D eigenvalue weighted by Crippen LogP contribution is -2.45. The van der Waals surface area contributed by atoms with Crippen molar-refractivity contribution in [1.82, 2.24) is 0 Å². The molecular weight excluding hydrogens is 400 g/mol. The second-order valence-electron chi connectivity index (χ2n) is 6.85. The average Bonchev–Trinajstić information content (AvgIpc) is 2.58. The van der Waals surface area contributed by atoms with E-state index in [0.29, 0.717) is 27.7 Å². The maximum Gasteiger partial charge on any atom is 0.247 e. The summed E-state index contributed by atoms with van der Waals surface area (Å²) in [7, 11) is -3.72. The van der Waals surface area contributed by atoms with Crippen LogP contribution >= 0.6 is 11.6 Å². The van der Waals surface area contributed by atoms with Gasteiger partial charge in [-0.1, -0.05) is 17.7 Å². The van der Waals surface area contributed by atoms with Crippen LogP contribution in [0, 0.1) is 6.92 Å².